The van der Waals surface area contributed by atoms with Gasteiger partial charge in [-0.15, -0.1) is 5.10 Å². The van der Waals surface area contributed by atoms with Crippen LogP contribution in [0.25, 0.3) is 22.4 Å². The number of benzene rings is 2. The molecule has 0 saturated heterocycles. The van der Waals surface area contributed by atoms with Gasteiger partial charge in [0.25, 0.3) is 5.56 Å². The standard InChI is InChI=1S/C20H16BrN3O4S/c1-26-14-8-12(9-15(27-2)17(14)28-3)18-22-20-24(23-18)19(25)16(29-20)10-11-6-4-5-7-13(11)21/h4-10H,1-3H3/b16-10-. The Labute approximate surface area is 178 Å². The molecule has 4 rings (SSSR count). The second kappa shape index (κ2) is 7.84. The van der Waals surface area contributed by atoms with Crippen molar-refractivity contribution < 1.29 is 14.2 Å². The van der Waals surface area contributed by atoms with E-state index in [1.807, 2.05) is 30.3 Å². The summed E-state index contributed by atoms with van der Waals surface area (Å²) in [6.45, 7) is 0. The van der Waals surface area contributed by atoms with E-state index in [0.29, 0.717) is 38.1 Å². The number of fused-ring (bicyclic) bond motifs is 1. The maximum absolute atomic E-state index is 12.8. The minimum absolute atomic E-state index is 0.216. The van der Waals surface area contributed by atoms with Crippen molar-refractivity contribution in [3.05, 3.63) is 61.3 Å². The Hall–Kier alpha value is -2.91. The molecular formula is C20H16BrN3O4S. The Balaban J connectivity index is 1.83. The molecule has 0 amide bonds. The Morgan fingerprint density at radius 2 is 1.76 bits per heavy atom. The molecule has 0 radical (unpaired) electrons. The summed E-state index contributed by atoms with van der Waals surface area (Å²) in [7, 11) is 4.62. The summed E-state index contributed by atoms with van der Waals surface area (Å²) in [5.74, 6) is 1.87. The fourth-order valence-corrected chi connectivity index (χ4v) is 4.20. The Bertz CT molecular complexity index is 1290. The number of halogens is 1. The number of aromatic nitrogens is 3. The summed E-state index contributed by atoms with van der Waals surface area (Å²) in [6.07, 6.45) is 1.83. The second-order valence-electron chi connectivity index (χ2n) is 5.98. The van der Waals surface area contributed by atoms with E-state index in [2.05, 4.69) is 26.0 Å². The zero-order valence-electron chi connectivity index (χ0n) is 15.8. The monoisotopic (exact) mass is 473 g/mol. The van der Waals surface area contributed by atoms with Crippen LogP contribution in [0.3, 0.4) is 0 Å². The second-order valence-corrected chi connectivity index (χ2v) is 7.84. The van der Waals surface area contributed by atoms with Crippen LogP contribution in [0.2, 0.25) is 0 Å². The lowest BCUT2D eigenvalue weighted by molar-refractivity contribution is 0.324. The molecule has 0 N–H and O–H groups in total. The smallest absolute Gasteiger partial charge is 0.291 e. The summed E-state index contributed by atoms with van der Waals surface area (Å²) in [6, 6.07) is 11.2. The van der Waals surface area contributed by atoms with Gasteiger partial charge in [-0.3, -0.25) is 4.79 Å². The number of hydrogen-bond acceptors (Lipinski definition) is 7. The van der Waals surface area contributed by atoms with Gasteiger partial charge in [0.1, 0.15) is 0 Å². The largest absolute Gasteiger partial charge is 0.493 e. The van der Waals surface area contributed by atoms with Gasteiger partial charge in [-0.1, -0.05) is 45.5 Å². The SMILES string of the molecule is COc1cc(-c2nc3s/c(=C\c4ccccc4Br)c(=O)n3n2)cc(OC)c1OC. The molecule has 0 fully saturated rings. The van der Waals surface area contributed by atoms with Crippen molar-refractivity contribution in [3.8, 4) is 28.6 Å². The van der Waals surface area contributed by atoms with Crippen molar-refractivity contribution in [1.29, 1.82) is 0 Å². The summed E-state index contributed by atoms with van der Waals surface area (Å²) < 4.78 is 18.9. The van der Waals surface area contributed by atoms with Crippen molar-refractivity contribution in [3.63, 3.8) is 0 Å². The minimum Gasteiger partial charge on any atom is -0.493 e. The lowest BCUT2D eigenvalue weighted by atomic mass is 10.1. The van der Waals surface area contributed by atoms with Crippen LogP contribution in [0, 0.1) is 0 Å². The van der Waals surface area contributed by atoms with Gasteiger partial charge in [0, 0.05) is 10.0 Å². The van der Waals surface area contributed by atoms with Gasteiger partial charge >= 0.3 is 0 Å². The number of thiazole rings is 1. The predicted molar refractivity (Wildman–Crippen MR) is 115 cm³/mol. The number of nitrogens with zero attached hydrogens (tertiary/aromatic N) is 3. The van der Waals surface area contributed by atoms with E-state index in [4.69, 9.17) is 14.2 Å². The van der Waals surface area contributed by atoms with E-state index in [-0.39, 0.29) is 5.56 Å². The van der Waals surface area contributed by atoms with Crippen LogP contribution in [-0.2, 0) is 0 Å². The molecule has 2 aromatic carbocycles. The van der Waals surface area contributed by atoms with Gasteiger partial charge in [-0.25, -0.2) is 0 Å². The molecule has 0 bridgehead atoms. The molecule has 0 spiro atoms. The molecule has 0 saturated carbocycles. The van der Waals surface area contributed by atoms with E-state index in [9.17, 15) is 4.79 Å². The van der Waals surface area contributed by atoms with Gasteiger partial charge < -0.3 is 14.2 Å². The molecule has 0 unspecified atom stereocenters. The van der Waals surface area contributed by atoms with Gasteiger partial charge in [0.05, 0.1) is 25.9 Å². The van der Waals surface area contributed by atoms with Crippen LogP contribution in [-0.4, -0.2) is 35.9 Å². The van der Waals surface area contributed by atoms with Crippen LogP contribution in [0.15, 0.2) is 45.7 Å². The third kappa shape index (κ3) is 3.47. The summed E-state index contributed by atoms with van der Waals surface area (Å²) >= 11 is 4.78. The highest BCUT2D eigenvalue weighted by atomic mass is 79.9. The number of hydrogen-bond donors (Lipinski definition) is 0. The normalized spacial score (nSPS) is 11.8. The summed E-state index contributed by atoms with van der Waals surface area (Å²) in [4.78, 5) is 17.8. The highest BCUT2D eigenvalue weighted by molar-refractivity contribution is 9.10. The Kier molecular flexibility index (Phi) is 5.25. The molecule has 0 aliphatic carbocycles. The lowest BCUT2D eigenvalue weighted by Crippen LogP contribution is -2.23. The van der Waals surface area contributed by atoms with Crippen LogP contribution in [0.4, 0.5) is 0 Å². The third-order valence-electron chi connectivity index (χ3n) is 4.30. The molecule has 29 heavy (non-hydrogen) atoms. The average molecular weight is 474 g/mol. The maximum atomic E-state index is 12.8. The van der Waals surface area contributed by atoms with Crippen LogP contribution >= 0.6 is 27.3 Å². The zero-order valence-corrected chi connectivity index (χ0v) is 18.2. The van der Waals surface area contributed by atoms with Crippen LogP contribution in [0.1, 0.15) is 5.56 Å². The first-order valence-corrected chi connectivity index (χ1v) is 10.1. The molecule has 0 atom stereocenters. The first-order valence-electron chi connectivity index (χ1n) is 8.52. The van der Waals surface area contributed by atoms with Crippen LogP contribution < -0.4 is 24.3 Å². The summed E-state index contributed by atoms with van der Waals surface area (Å²) in [5, 5.41) is 4.39. The van der Waals surface area contributed by atoms with Gasteiger partial charge in [-0.2, -0.15) is 9.50 Å². The van der Waals surface area contributed by atoms with E-state index in [0.717, 1.165) is 10.0 Å². The molecule has 0 aliphatic heterocycles. The molecule has 0 aliphatic rings. The number of ether oxygens (including phenoxy) is 3. The molecule has 9 heteroatoms. The van der Waals surface area contributed by atoms with Crippen LogP contribution in [0.5, 0.6) is 17.2 Å². The fourth-order valence-electron chi connectivity index (χ4n) is 2.90. The Morgan fingerprint density at radius 1 is 1.07 bits per heavy atom. The summed E-state index contributed by atoms with van der Waals surface area (Å²) in [5.41, 5.74) is 1.36. The molecular weight excluding hydrogens is 458 g/mol. The average Bonchev–Trinajstić information content (AvgIpc) is 3.28. The first kappa shape index (κ1) is 19.4. The van der Waals surface area contributed by atoms with E-state index < -0.39 is 0 Å². The number of methoxy groups -OCH3 is 3. The molecule has 2 heterocycles. The topological polar surface area (TPSA) is 75.0 Å². The molecule has 148 valence electrons. The van der Waals surface area contributed by atoms with Crippen molar-refractivity contribution in [2.45, 2.75) is 0 Å². The van der Waals surface area contributed by atoms with Crippen molar-refractivity contribution in [2.24, 2.45) is 0 Å². The lowest BCUT2D eigenvalue weighted by Gasteiger charge is -2.12. The first-order chi connectivity index (χ1) is 14.0. The van der Waals surface area contributed by atoms with Gasteiger partial charge in [-0.05, 0) is 29.8 Å². The molecule has 2 aromatic heterocycles. The Morgan fingerprint density at radius 3 is 2.34 bits per heavy atom. The molecule has 7 nitrogen and oxygen atoms in total. The van der Waals surface area contributed by atoms with Gasteiger partial charge in [0.2, 0.25) is 10.7 Å². The third-order valence-corrected chi connectivity index (χ3v) is 5.98. The zero-order chi connectivity index (χ0) is 20.5. The van der Waals surface area contributed by atoms with Gasteiger partial charge in [0.15, 0.2) is 17.3 Å². The highest BCUT2D eigenvalue weighted by Gasteiger charge is 2.18. The predicted octanol–water partition coefficient (Wildman–Crippen LogP) is 3.15. The minimum atomic E-state index is -0.216. The number of rotatable bonds is 5. The molecule has 4 aromatic rings. The fraction of sp³-hybridized carbons (Fsp3) is 0.150. The maximum Gasteiger partial charge on any atom is 0.291 e. The highest BCUT2D eigenvalue weighted by Crippen LogP contribution is 2.40. The van der Waals surface area contributed by atoms with Crippen molar-refractivity contribution in [1.82, 2.24) is 14.6 Å². The van der Waals surface area contributed by atoms with E-state index in [1.165, 1.54) is 23.0 Å². The van der Waals surface area contributed by atoms with E-state index in [1.54, 1.807) is 26.4 Å². The van der Waals surface area contributed by atoms with Crippen molar-refractivity contribution >= 4 is 38.3 Å². The van der Waals surface area contributed by atoms with Crippen molar-refractivity contribution in [2.75, 3.05) is 21.3 Å². The quantitative estimate of drug-likeness (QED) is 0.443. The van der Waals surface area contributed by atoms with E-state index >= 15 is 0 Å².